The normalized spacial score (nSPS) is 20.9. The molecule has 2 nitrogen and oxygen atoms in total. The lowest BCUT2D eigenvalue weighted by Crippen LogP contribution is -2.43. The molecule has 1 fully saturated rings. The molecule has 0 aromatic carbocycles. The van der Waals surface area contributed by atoms with E-state index in [0.717, 1.165) is 12.8 Å². The lowest BCUT2D eigenvalue weighted by atomic mass is 9.87. The Balaban J connectivity index is 0.000000921. The number of carbonyl (C=O) groups excluding carboxylic acids is 1. The van der Waals surface area contributed by atoms with Crippen LogP contribution in [0.15, 0.2) is 0 Å². The molecule has 0 spiro atoms. The summed E-state index contributed by atoms with van der Waals surface area (Å²) < 4.78 is 17.8. The number of carbonyl (C=O) groups is 1. The highest BCUT2D eigenvalue weighted by atomic mass is 19.1. The van der Waals surface area contributed by atoms with Crippen LogP contribution in [0.2, 0.25) is 0 Å². The summed E-state index contributed by atoms with van der Waals surface area (Å²) in [7, 11) is 1.41. The maximum atomic E-state index is 12.8. The summed E-state index contributed by atoms with van der Waals surface area (Å²) in [6.45, 7) is 6.75. The predicted octanol–water partition coefficient (Wildman–Crippen LogP) is 3.15. The highest BCUT2D eigenvalue weighted by Crippen LogP contribution is 2.51. The Bertz CT molecular complexity index is 206. The smallest absolute Gasteiger partial charge is 0.164 e. The lowest BCUT2D eigenvalue weighted by molar-refractivity contribution is -0.143. The summed E-state index contributed by atoms with van der Waals surface area (Å²) in [5.74, 6) is -0.203. The van der Waals surface area contributed by atoms with Crippen molar-refractivity contribution in [3.8, 4) is 0 Å². The van der Waals surface area contributed by atoms with E-state index in [0.29, 0.717) is 6.42 Å². The first-order chi connectivity index (χ1) is 6.98. The molecule has 0 aromatic rings. The summed E-state index contributed by atoms with van der Waals surface area (Å²) in [5, 5.41) is 0. The average Bonchev–Trinajstić information content (AvgIpc) is 2.96. The number of halogens is 1. The number of methoxy groups -OCH3 is 1. The van der Waals surface area contributed by atoms with Gasteiger partial charge in [0.05, 0.1) is 0 Å². The molecule has 3 heteroatoms. The minimum atomic E-state index is -1.18. The molecule has 90 valence electrons. The van der Waals surface area contributed by atoms with Crippen LogP contribution in [0.4, 0.5) is 4.39 Å². The van der Waals surface area contributed by atoms with Gasteiger partial charge in [-0.05, 0) is 31.6 Å². The summed E-state index contributed by atoms with van der Waals surface area (Å²) in [5.41, 5.74) is -1.04. The van der Waals surface area contributed by atoms with Crippen molar-refractivity contribution in [1.82, 2.24) is 0 Å². The quantitative estimate of drug-likeness (QED) is 0.708. The van der Waals surface area contributed by atoms with E-state index in [4.69, 9.17) is 4.74 Å². The van der Waals surface area contributed by atoms with Gasteiger partial charge in [0.25, 0.3) is 0 Å². The summed E-state index contributed by atoms with van der Waals surface area (Å²) in [4.78, 5) is 11.3. The highest BCUT2D eigenvalue weighted by molar-refractivity contribution is 5.85. The Morgan fingerprint density at radius 1 is 1.47 bits per heavy atom. The average molecular weight is 218 g/mol. The van der Waals surface area contributed by atoms with E-state index in [1.807, 2.05) is 13.8 Å². The van der Waals surface area contributed by atoms with Crippen molar-refractivity contribution in [3.63, 3.8) is 0 Å². The van der Waals surface area contributed by atoms with Crippen LogP contribution in [0.3, 0.4) is 0 Å². The fourth-order valence-corrected chi connectivity index (χ4v) is 1.62. The highest BCUT2D eigenvalue weighted by Gasteiger charge is 2.48. The fourth-order valence-electron chi connectivity index (χ4n) is 1.62. The largest absolute Gasteiger partial charge is 0.368 e. The molecule has 0 aromatic heterocycles. The lowest BCUT2D eigenvalue weighted by Gasteiger charge is -2.29. The number of Topliss-reactive ketones (excluding diaryl/α,β-unsaturated/α-hetero) is 1. The predicted molar refractivity (Wildman–Crippen MR) is 59.7 cm³/mol. The Kier molecular flexibility index (Phi) is 5.43. The minimum absolute atomic E-state index is 0.133. The summed E-state index contributed by atoms with van der Waals surface area (Å²) in [6.07, 6.45) is 2.67. The molecule has 15 heavy (non-hydrogen) atoms. The van der Waals surface area contributed by atoms with Gasteiger partial charge in [-0.1, -0.05) is 20.8 Å². The second kappa shape index (κ2) is 5.59. The standard InChI is InChI=1S/C10H17FO2.C2H6/c1-8(12)10(7-11,13-3)6-9(2)4-5-9;1-2/h4-7H2,1-3H3;1-2H3. The monoisotopic (exact) mass is 218 g/mol. The van der Waals surface area contributed by atoms with Crippen molar-refractivity contribution in [2.45, 2.75) is 52.6 Å². The van der Waals surface area contributed by atoms with Gasteiger partial charge in [0.2, 0.25) is 0 Å². The van der Waals surface area contributed by atoms with Crippen molar-refractivity contribution in [2.24, 2.45) is 5.41 Å². The first-order valence-electron chi connectivity index (χ1n) is 5.60. The number of hydrogen-bond acceptors (Lipinski definition) is 2. The van der Waals surface area contributed by atoms with Gasteiger partial charge in [0.1, 0.15) is 6.67 Å². The Hall–Kier alpha value is -0.440. The SMILES string of the molecule is CC.COC(CF)(CC1(C)CC1)C(C)=O. The molecule has 1 aliphatic rings. The molecule has 1 rings (SSSR count). The molecule has 0 heterocycles. The zero-order valence-electron chi connectivity index (χ0n) is 10.5. The van der Waals surface area contributed by atoms with Crippen molar-refractivity contribution in [2.75, 3.05) is 13.8 Å². The second-order valence-corrected chi connectivity index (χ2v) is 4.38. The zero-order valence-corrected chi connectivity index (χ0v) is 10.5. The summed E-state index contributed by atoms with van der Waals surface area (Å²) >= 11 is 0. The minimum Gasteiger partial charge on any atom is -0.368 e. The van der Waals surface area contributed by atoms with Crippen molar-refractivity contribution >= 4 is 5.78 Å². The first-order valence-corrected chi connectivity index (χ1v) is 5.60. The van der Waals surface area contributed by atoms with Crippen LogP contribution in [-0.2, 0) is 9.53 Å². The van der Waals surface area contributed by atoms with Crippen LogP contribution in [0.5, 0.6) is 0 Å². The molecular formula is C12H23FO2. The third-order valence-corrected chi connectivity index (χ3v) is 3.06. The van der Waals surface area contributed by atoms with E-state index in [9.17, 15) is 9.18 Å². The molecule has 1 unspecified atom stereocenters. The number of alkyl halides is 1. The molecule has 0 N–H and O–H groups in total. The first kappa shape index (κ1) is 14.6. The topological polar surface area (TPSA) is 26.3 Å². The number of hydrogen-bond donors (Lipinski definition) is 0. The van der Waals surface area contributed by atoms with Gasteiger partial charge in [-0.25, -0.2) is 4.39 Å². The molecule has 1 aliphatic carbocycles. The van der Waals surface area contributed by atoms with Gasteiger partial charge >= 0.3 is 0 Å². The molecule has 0 saturated heterocycles. The van der Waals surface area contributed by atoms with Crippen LogP contribution in [0.25, 0.3) is 0 Å². The maximum Gasteiger partial charge on any atom is 0.164 e. The Labute approximate surface area is 92.2 Å². The molecule has 0 radical (unpaired) electrons. The number of ketones is 1. The van der Waals surface area contributed by atoms with Crippen LogP contribution < -0.4 is 0 Å². The van der Waals surface area contributed by atoms with Crippen molar-refractivity contribution < 1.29 is 13.9 Å². The fraction of sp³-hybridized carbons (Fsp3) is 0.917. The van der Waals surface area contributed by atoms with Gasteiger partial charge in [0.15, 0.2) is 11.4 Å². The van der Waals surface area contributed by atoms with E-state index in [1.165, 1.54) is 14.0 Å². The molecule has 0 aliphatic heterocycles. The molecule has 1 atom stereocenters. The van der Waals surface area contributed by atoms with Crippen molar-refractivity contribution in [3.05, 3.63) is 0 Å². The molecule has 0 amide bonds. The molecular weight excluding hydrogens is 195 g/mol. The van der Waals surface area contributed by atoms with Gasteiger partial charge < -0.3 is 4.74 Å². The Morgan fingerprint density at radius 2 is 1.93 bits per heavy atom. The van der Waals surface area contributed by atoms with E-state index in [-0.39, 0.29) is 11.2 Å². The van der Waals surface area contributed by atoms with Crippen LogP contribution in [0, 0.1) is 5.41 Å². The van der Waals surface area contributed by atoms with E-state index < -0.39 is 12.3 Å². The molecule has 0 bridgehead atoms. The third kappa shape index (κ3) is 3.56. The summed E-state index contributed by atoms with van der Waals surface area (Å²) in [6, 6.07) is 0. The van der Waals surface area contributed by atoms with Gasteiger partial charge in [-0.15, -0.1) is 0 Å². The third-order valence-electron chi connectivity index (χ3n) is 3.06. The number of rotatable bonds is 5. The van der Waals surface area contributed by atoms with Gasteiger partial charge in [0, 0.05) is 7.11 Å². The Morgan fingerprint density at radius 3 is 2.13 bits per heavy atom. The van der Waals surface area contributed by atoms with Crippen LogP contribution in [-0.4, -0.2) is 25.2 Å². The van der Waals surface area contributed by atoms with Crippen molar-refractivity contribution in [1.29, 1.82) is 0 Å². The zero-order chi connectivity index (χ0) is 12.1. The molecule has 1 saturated carbocycles. The van der Waals surface area contributed by atoms with Gasteiger partial charge in [-0.2, -0.15) is 0 Å². The van der Waals surface area contributed by atoms with E-state index in [1.54, 1.807) is 0 Å². The van der Waals surface area contributed by atoms with E-state index >= 15 is 0 Å². The van der Waals surface area contributed by atoms with Gasteiger partial charge in [-0.3, -0.25) is 4.79 Å². The number of ether oxygens (including phenoxy) is 1. The second-order valence-electron chi connectivity index (χ2n) is 4.38. The van der Waals surface area contributed by atoms with E-state index in [2.05, 4.69) is 6.92 Å². The van der Waals surface area contributed by atoms with Crippen LogP contribution >= 0.6 is 0 Å². The maximum absolute atomic E-state index is 12.8. The van der Waals surface area contributed by atoms with Crippen LogP contribution in [0.1, 0.15) is 47.0 Å².